The van der Waals surface area contributed by atoms with Gasteiger partial charge in [0.2, 0.25) is 0 Å². The number of thiazole rings is 1. The van der Waals surface area contributed by atoms with Crippen LogP contribution in [0.25, 0.3) is 0 Å². The van der Waals surface area contributed by atoms with E-state index < -0.39 is 5.97 Å². The molecule has 0 amide bonds. The number of nitrogens with zero attached hydrogens (tertiary/aromatic N) is 2. The number of carboxylic acids is 1. The molecule has 1 N–H and O–H groups in total. The van der Waals surface area contributed by atoms with Gasteiger partial charge in [0.15, 0.2) is 0 Å². The second-order valence-electron chi connectivity index (χ2n) is 4.64. The number of aliphatic carboxylic acids is 1. The maximum absolute atomic E-state index is 10.5. The zero-order valence-corrected chi connectivity index (χ0v) is 10.9. The molecule has 0 bridgehead atoms. The summed E-state index contributed by atoms with van der Waals surface area (Å²) in [6, 6.07) is 0. The average molecular weight is 254 g/mol. The number of hydrogen-bond donors (Lipinski definition) is 1. The molecule has 2 heterocycles. The molecular formula is C12H18N2O2S. The Labute approximate surface area is 105 Å². The van der Waals surface area contributed by atoms with Crippen molar-refractivity contribution in [3.05, 3.63) is 16.1 Å². The van der Waals surface area contributed by atoms with Crippen LogP contribution in [0.5, 0.6) is 0 Å². The van der Waals surface area contributed by atoms with Crippen LogP contribution in [-0.2, 0) is 11.2 Å². The Morgan fingerprint density at radius 2 is 2.29 bits per heavy atom. The van der Waals surface area contributed by atoms with Gasteiger partial charge in [-0.3, -0.25) is 4.79 Å². The van der Waals surface area contributed by atoms with Crippen LogP contribution < -0.4 is 0 Å². The molecule has 0 aliphatic carbocycles. The third-order valence-corrected chi connectivity index (χ3v) is 4.44. The number of aryl methyl sites for hydroxylation is 1. The number of piperidine rings is 1. The summed E-state index contributed by atoms with van der Waals surface area (Å²) in [5.74, 6) is -0.158. The lowest BCUT2D eigenvalue weighted by Gasteiger charge is -2.27. The minimum atomic E-state index is -0.737. The van der Waals surface area contributed by atoms with Crippen molar-refractivity contribution in [3.63, 3.8) is 0 Å². The van der Waals surface area contributed by atoms with Gasteiger partial charge in [0.1, 0.15) is 0 Å². The number of aromatic nitrogens is 1. The van der Waals surface area contributed by atoms with Crippen LogP contribution in [0.2, 0.25) is 0 Å². The molecule has 0 radical (unpaired) electrons. The molecule has 17 heavy (non-hydrogen) atoms. The van der Waals surface area contributed by atoms with Crippen molar-refractivity contribution >= 4 is 17.3 Å². The molecule has 0 spiro atoms. The third kappa shape index (κ3) is 3.51. The number of likely N-dealkylation sites (tertiary alicyclic amines) is 1. The maximum atomic E-state index is 10.5. The topological polar surface area (TPSA) is 53.4 Å². The van der Waals surface area contributed by atoms with Crippen molar-refractivity contribution in [2.24, 2.45) is 0 Å². The second kappa shape index (κ2) is 5.60. The molecule has 4 nitrogen and oxygen atoms in total. The molecule has 0 saturated carbocycles. The summed E-state index contributed by atoms with van der Waals surface area (Å²) in [4.78, 5) is 18.4. The van der Waals surface area contributed by atoms with Crippen LogP contribution in [0, 0.1) is 0 Å². The van der Waals surface area contributed by atoms with E-state index in [-0.39, 0.29) is 6.42 Å². The first-order chi connectivity index (χ1) is 8.15. The molecule has 0 atom stereocenters. The summed E-state index contributed by atoms with van der Waals surface area (Å²) in [5.41, 5.74) is 0. The van der Waals surface area contributed by atoms with Crippen molar-refractivity contribution in [3.8, 4) is 0 Å². The molecule has 0 unspecified atom stereocenters. The molecule has 1 aliphatic rings. The van der Waals surface area contributed by atoms with Gasteiger partial charge in [-0.15, -0.1) is 11.3 Å². The van der Waals surface area contributed by atoms with E-state index in [1.165, 1.54) is 17.8 Å². The average Bonchev–Trinajstić information content (AvgIpc) is 2.76. The number of rotatable bonds is 4. The van der Waals surface area contributed by atoms with E-state index in [9.17, 15) is 4.79 Å². The largest absolute Gasteiger partial charge is 0.481 e. The van der Waals surface area contributed by atoms with Crippen molar-refractivity contribution in [2.75, 3.05) is 20.1 Å². The lowest BCUT2D eigenvalue weighted by molar-refractivity contribution is -0.136. The fraction of sp³-hybridized carbons (Fsp3) is 0.667. The first-order valence-corrected chi connectivity index (χ1v) is 6.81. The summed E-state index contributed by atoms with van der Waals surface area (Å²) in [5, 5.41) is 9.83. The lowest BCUT2D eigenvalue weighted by atomic mass is 9.98. The van der Waals surface area contributed by atoms with E-state index in [1.807, 2.05) is 6.20 Å². The maximum Gasteiger partial charge on any atom is 0.303 e. The van der Waals surface area contributed by atoms with E-state index in [2.05, 4.69) is 16.9 Å². The minimum absolute atomic E-state index is 0.203. The van der Waals surface area contributed by atoms with Crippen molar-refractivity contribution < 1.29 is 9.90 Å². The third-order valence-electron chi connectivity index (χ3n) is 3.22. The molecule has 1 aliphatic heterocycles. The Kier molecular flexibility index (Phi) is 4.12. The lowest BCUT2D eigenvalue weighted by Crippen LogP contribution is -2.29. The van der Waals surface area contributed by atoms with Crippen LogP contribution in [0.15, 0.2) is 6.20 Å². The van der Waals surface area contributed by atoms with Gasteiger partial charge in [0, 0.05) is 17.0 Å². The van der Waals surface area contributed by atoms with Crippen molar-refractivity contribution in [2.45, 2.75) is 31.6 Å². The summed E-state index contributed by atoms with van der Waals surface area (Å²) in [6.07, 6.45) is 5.00. The van der Waals surface area contributed by atoms with E-state index in [0.29, 0.717) is 12.3 Å². The quantitative estimate of drug-likeness (QED) is 0.892. The van der Waals surface area contributed by atoms with Crippen molar-refractivity contribution in [1.82, 2.24) is 9.88 Å². The Hall–Kier alpha value is -0.940. The van der Waals surface area contributed by atoms with E-state index in [4.69, 9.17) is 5.11 Å². The fourth-order valence-electron chi connectivity index (χ4n) is 2.11. The van der Waals surface area contributed by atoms with Gasteiger partial charge >= 0.3 is 5.97 Å². The van der Waals surface area contributed by atoms with Gasteiger partial charge in [-0.2, -0.15) is 0 Å². The minimum Gasteiger partial charge on any atom is -0.481 e. The van der Waals surface area contributed by atoms with Crippen LogP contribution in [0.1, 0.15) is 35.1 Å². The Balaban J connectivity index is 1.91. The fourth-order valence-corrected chi connectivity index (χ4v) is 3.20. The van der Waals surface area contributed by atoms with Crippen LogP contribution in [-0.4, -0.2) is 41.1 Å². The van der Waals surface area contributed by atoms with Crippen LogP contribution >= 0.6 is 11.3 Å². The molecule has 1 fully saturated rings. The highest BCUT2D eigenvalue weighted by atomic mass is 32.1. The van der Waals surface area contributed by atoms with Gasteiger partial charge in [0.25, 0.3) is 0 Å². The normalized spacial score (nSPS) is 18.4. The molecule has 1 aromatic rings. The standard InChI is InChI=1S/C12H18N2O2S/c1-14-6-4-9(5-7-14)12-13-8-10(17-12)2-3-11(15)16/h8-9H,2-7H2,1H3,(H,15,16). The Morgan fingerprint density at radius 3 is 2.94 bits per heavy atom. The molecule has 0 aromatic carbocycles. The molecule has 94 valence electrons. The molecule has 2 rings (SSSR count). The highest BCUT2D eigenvalue weighted by molar-refractivity contribution is 7.11. The zero-order chi connectivity index (χ0) is 12.3. The Bertz CT molecular complexity index is 384. The summed E-state index contributed by atoms with van der Waals surface area (Å²) < 4.78 is 0. The number of carboxylic acid groups (broad SMARTS) is 1. The predicted molar refractivity (Wildman–Crippen MR) is 67.5 cm³/mol. The van der Waals surface area contributed by atoms with Gasteiger partial charge in [-0.05, 0) is 39.4 Å². The zero-order valence-electron chi connectivity index (χ0n) is 10.1. The highest BCUT2D eigenvalue weighted by Gasteiger charge is 2.21. The smallest absolute Gasteiger partial charge is 0.303 e. The summed E-state index contributed by atoms with van der Waals surface area (Å²) in [7, 11) is 2.15. The summed E-state index contributed by atoms with van der Waals surface area (Å²) >= 11 is 1.69. The van der Waals surface area contributed by atoms with Gasteiger partial charge in [-0.25, -0.2) is 4.98 Å². The van der Waals surface area contributed by atoms with Gasteiger partial charge in [-0.1, -0.05) is 0 Å². The van der Waals surface area contributed by atoms with Crippen molar-refractivity contribution in [1.29, 1.82) is 0 Å². The SMILES string of the molecule is CN1CCC(c2ncc(CCC(=O)O)s2)CC1. The first kappa shape index (κ1) is 12.5. The number of hydrogen-bond acceptors (Lipinski definition) is 4. The van der Waals surface area contributed by atoms with Crippen LogP contribution in [0.4, 0.5) is 0 Å². The highest BCUT2D eigenvalue weighted by Crippen LogP contribution is 2.30. The predicted octanol–water partition coefficient (Wildman–Crippen LogP) is 1.97. The monoisotopic (exact) mass is 254 g/mol. The molecular weight excluding hydrogens is 236 g/mol. The van der Waals surface area contributed by atoms with E-state index in [0.717, 1.165) is 18.0 Å². The number of carbonyl (C=O) groups is 1. The Morgan fingerprint density at radius 1 is 1.59 bits per heavy atom. The second-order valence-corrected chi connectivity index (χ2v) is 5.78. The van der Waals surface area contributed by atoms with E-state index in [1.54, 1.807) is 11.3 Å². The first-order valence-electron chi connectivity index (χ1n) is 6.00. The molecule has 1 aromatic heterocycles. The van der Waals surface area contributed by atoms with Crippen LogP contribution in [0.3, 0.4) is 0 Å². The molecule has 1 saturated heterocycles. The summed E-state index contributed by atoms with van der Waals surface area (Å²) in [6.45, 7) is 2.27. The molecule has 5 heteroatoms. The van der Waals surface area contributed by atoms with Gasteiger partial charge in [0.05, 0.1) is 11.4 Å². The van der Waals surface area contributed by atoms with Gasteiger partial charge < -0.3 is 10.0 Å². The van der Waals surface area contributed by atoms with E-state index >= 15 is 0 Å².